The molecule has 4 aromatic rings. The first-order chi connectivity index (χ1) is 16.8. The van der Waals surface area contributed by atoms with E-state index in [0.29, 0.717) is 11.9 Å². The maximum atomic E-state index is 14.7. The molecule has 1 saturated heterocycles. The van der Waals surface area contributed by atoms with Gasteiger partial charge < -0.3 is 4.90 Å². The molecule has 35 heavy (non-hydrogen) atoms. The number of hydrogen-bond donors (Lipinski definition) is 0. The van der Waals surface area contributed by atoms with Crippen LogP contribution in [-0.4, -0.2) is 31.8 Å². The quantitative estimate of drug-likeness (QED) is 0.423. The van der Waals surface area contributed by atoms with Crippen molar-refractivity contribution in [3.8, 4) is 0 Å². The lowest BCUT2D eigenvalue weighted by atomic mass is 9.90. The summed E-state index contributed by atoms with van der Waals surface area (Å²) >= 11 is 6.33. The van der Waals surface area contributed by atoms with Crippen molar-refractivity contribution in [1.82, 2.24) is 18.7 Å². The molecule has 0 atom stereocenters. The van der Waals surface area contributed by atoms with Gasteiger partial charge in [0.1, 0.15) is 5.82 Å². The normalized spacial score (nSPS) is 14.7. The number of aryl methyl sites for hydroxylation is 1. The van der Waals surface area contributed by atoms with E-state index in [0.717, 1.165) is 36.9 Å². The molecular weight excluding hydrogens is 469 g/mol. The van der Waals surface area contributed by atoms with E-state index in [1.807, 2.05) is 6.07 Å². The van der Waals surface area contributed by atoms with Gasteiger partial charge in [-0.1, -0.05) is 48.0 Å². The minimum absolute atomic E-state index is 0.0364. The van der Waals surface area contributed by atoms with Crippen LogP contribution in [0.1, 0.15) is 24.0 Å². The third-order valence-corrected chi connectivity index (χ3v) is 7.32. The highest BCUT2D eigenvalue weighted by atomic mass is 35.5. The highest BCUT2D eigenvalue weighted by Gasteiger charge is 2.27. The zero-order valence-corrected chi connectivity index (χ0v) is 20.5. The van der Waals surface area contributed by atoms with E-state index in [1.54, 1.807) is 23.7 Å². The van der Waals surface area contributed by atoms with Crippen LogP contribution >= 0.6 is 11.6 Å². The fraction of sp³-hybridized carbons (Fsp3) is 0.346. The van der Waals surface area contributed by atoms with Crippen LogP contribution in [0, 0.1) is 11.7 Å². The van der Waals surface area contributed by atoms with Crippen molar-refractivity contribution in [1.29, 1.82) is 0 Å². The second kappa shape index (κ2) is 9.34. The number of imidazole rings is 1. The average Bonchev–Trinajstić information content (AvgIpc) is 3.24. The van der Waals surface area contributed by atoms with Gasteiger partial charge in [-0.15, -0.1) is 0 Å². The second-order valence-electron chi connectivity index (χ2n) is 9.20. The van der Waals surface area contributed by atoms with Crippen molar-refractivity contribution in [3.05, 3.63) is 91.3 Å². The maximum Gasteiger partial charge on any atom is 0.332 e. The summed E-state index contributed by atoms with van der Waals surface area (Å²) in [6.45, 7) is 1.54. The summed E-state index contributed by atoms with van der Waals surface area (Å²) in [5, 5.41) is 0.279. The lowest BCUT2D eigenvalue weighted by Crippen LogP contribution is -2.38. The molecule has 0 radical (unpaired) electrons. The van der Waals surface area contributed by atoms with E-state index in [-0.39, 0.29) is 28.3 Å². The summed E-state index contributed by atoms with van der Waals surface area (Å²) in [6.07, 6.45) is 2.95. The minimum Gasteiger partial charge on any atom is -0.342 e. The molecule has 1 fully saturated rings. The lowest BCUT2D eigenvalue weighted by molar-refractivity contribution is 0.398. The first kappa shape index (κ1) is 23.4. The molecule has 3 heterocycles. The zero-order chi connectivity index (χ0) is 24.7. The molecule has 5 rings (SSSR count). The molecule has 0 saturated carbocycles. The van der Waals surface area contributed by atoms with Crippen LogP contribution in [-0.2, 0) is 27.1 Å². The van der Waals surface area contributed by atoms with Crippen LogP contribution in [0.4, 0.5) is 10.3 Å². The van der Waals surface area contributed by atoms with Crippen molar-refractivity contribution in [2.75, 3.05) is 18.0 Å². The standard InChI is InChI=1S/C26H27ClFN5O2/c1-30-23-22(24(34)31(2)26(30)35)33(16-19-20(27)9-6-10-21(19)28)25(29-23)32-13-11-18(12-14-32)15-17-7-4-3-5-8-17/h3-10,18H,11-16H2,1-2H3. The van der Waals surface area contributed by atoms with Gasteiger partial charge in [-0.2, -0.15) is 4.98 Å². The first-order valence-electron chi connectivity index (χ1n) is 11.7. The Morgan fingerprint density at radius 1 is 1.00 bits per heavy atom. The van der Waals surface area contributed by atoms with Gasteiger partial charge in [-0.25, -0.2) is 9.18 Å². The van der Waals surface area contributed by atoms with Crippen LogP contribution in [0.3, 0.4) is 0 Å². The molecule has 7 nitrogen and oxygen atoms in total. The third-order valence-electron chi connectivity index (χ3n) is 6.97. The summed E-state index contributed by atoms with van der Waals surface area (Å²) in [5.74, 6) is 0.647. The SMILES string of the molecule is Cn1c(=O)c2c(nc(N3CCC(Cc4ccccc4)CC3)n2Cc2c(F)cccc2Cl)n(C)c1=O. The predicted octanol–water partition coefficient (Wildman–Crippen LogP) is 3.73. The van der Waals surface area contributed by atoms with Gasteiger partial charge in [0.05, 0.1) is 6.54 Å². The van der Waals surface area contributed by atoms with Crippen molar-refractivity contribution in [2.24, 2.45) is 20.0 Å². The van der Waals surface area contributed by atoms with Gasteiger partial charge in [0, 0.05) is 37.8 Å². The molecule has 2 aromatic heterocycles. The van der Waals surface area contributed by atoms with Gasteiger partial charge in [0.25, 0.3) is 5.56 Å². The van der Waals surface area contributed by atoms with E-state index < -0.39 is 17.1 Å². The van der Waals surface area contributed by atoms with Crippen LogP contribution in [0.5, 0.6) is 0 Å². The number of fused-ring (bicyclic) bond motifs is 1. The predicted molar refractivity (Wildman–Crippen MR) is 136 cm³/mol. The van der Waals surface area contributed by atoms with E-state index in [2.05, 4.69) is 29.2 Å². The van der Waals surface area contributed by atoms with Crippen molar-refractivity contribution in [2.45, 2.75) is 25.8 Å². The van der Waals surface area contributed by atoms with E-state index in [9.17, 15) is 14.0 Å². The van der Waals surface area contributed by atoms with Crippen molar-refractivity contribution in [3.63, 3.8) is 0 Å². The van der Waals surface area contributed by atoms with Crippen LogP contribution in [0.2, 0.25) is 5.02 Å². The fourth-order valence-electron chi connectivity index (χ4n) is 4.95. The molecule has 0 aliphatic carbocycles. The smallest absolute Gasteiger partial charge is 0.332 e. The molecule has 0 bridgehead atoms. The second-order valence-corrected chi connectivity index (χ2v) is 9.60. The molecule has 182 valence electrons. The van der Waals surface area contributed by atoms with E-state index >= 15 is 0 Å². The Balaban J connectivity index is 1.54. The highest BCUT2D eigenvalue weighted by molar-refractivity contribution is 6.31. The van der Waals surface area contributed by atoms with Gasteiger partial charge in [-0.05, 0) is 42.9 Å². The Labute approximate surface area is 207 Å². The number of rotatable bonds is 5. The summed E-state index contributed by atoms with van der Waals surface area (Å²) < 4.78 is 18.9. The van der Waals surface area contributed by atoms with Crippen LogP contribution in [0.15, 0.2) is 58.1 Å². The van der Waals surface area contributed by atoms with Crippen molar-refractivity contribution >= 4 is 28.7 Å². The Bertz CT molecular complexity index is 1480. The maximum absolute atomic E-state index is 14.7. The fourth-order valence-corrected chi connectivity index (χ4v) is 5.17. The average molecular weight is 496 g/mol. The number of anilines is 1. The Hall–Kier alpha value is -3.39. The minimum atomic E-state index is -0.465. The van der Waals surface area contributed by atoms with Crippen molar-refractivity contribution < 1.29 is 4.39 Å². The summed E-state index contributed by atoms with van der Waals surface area (Å²) in [5.41, 5.74) is 1.23. The number of halogens is 2. The molecule has 0 amide bonds. The molecule has 9 heteroatoms. The molecule has 0 unspecified atom stereocenters. The monoisotopic (exact) mass is 495 g/mol. The van der Waals surface area contributed by atoms with Gasteiger partial charge in [0.2, 0.25) is 5.95 Å². The van der Waals surface area contributed by atoms with Gasteiger partial charge >= 0.3 is 5.69 Å². The lowest BCUT2D eigenvalue weighted by Gasteiger charge is -2.33. The molecule has 0 N–H and O–H groups in total. The Kier molecular flexibility index (Phi) is 6.23. The van der Waals surface area contributed by atoms with Gasteiger partial charge in [0.15, 0.2) is 11.2 Å². The Morgan fingerprint density at radius 3 is 2.40 bits per heavy atom. The summed E-state index contributed by atoms with van der Waals surface area (Å²) in [6, 6.07) is 15.0. The number of hydrogen-bond acceptors (Lipinski definition) is 4. The first-order valence-corrected chi connectivity index (χ1v) is 12.1. The van der Waals surface area contributed by atoms with E-state index in [4.69, 9.17) is 16.6 Å². The number of aromatic nitrogens is 4. The number of piperidine rings is 1. The Morgan fingerprint density at radius 2 is 1.71 bits per heavy atom. The zero-order valence-electron chi connectivity index (χ0n) is 19.7. The molecule has 0 spiro atoms. The highest BCUT2D eigenvalue weighted by Crippen LogP contribution is 2.29. The molecule has 1 aliphatic rings. The van der Waals surface area contributed by atoms with Crippen LogP contribution in [0.25, 0.3) is 11.2 Å². The topological polar surface area (TPSA) is 65.1 Å². The molecule has 2 aromatic carbocycles. The van der Waals surface area contributed by atoms with Gasteiger partial charge in [-0.3, -0.25) is 18.5 Å². The number of benzene rings is 2. The number of nitrogens with zero attached hydrogens (tertiary/aromatic N) is 5. The summed E-state index contributed by atoms with van der Waals surface area (Å²) in [4.78, 5) is 32.6. The third kappa shape index (κ3) is 4.27. The molecule has 1 aliphatic heterocycles. The summed E-state index contributed by atoms with van der Waals surface area (Å²) in [7, 11) is 3.03. The van der Waals surface area contributed by atoms with E-state index in [1.165, 1.54) is 23.2 Å². The molecular formula is C26H27ClFN5O2. The van der Waals surface area contributed by atoms with Crippen LogP contribution < -0.4 is 16.1 Å². The largest absolute Gasteiger partial charge is 0.342 e.